The van der Waals surface area contributed by atoms with Crippen molar-refractivity contribution >= 4 is 17.3 Å². The predicted octanol–water partition coefficient (Wildman–Crippen LogP) is 3.44. The Bertz CT molecular complexity index is 927. The van der Waals surface area contributed by atoms with Gasteiger partial charge in [-0.1, -0.05) is 24.6 Å². The molecule has 1 aromatic carbocycles. The number of hydrogen-bond acceptors (Lipinski definition) is 5. The molecule has 1 amide bonds. The van der Waals surface area contributed by atoms with E-state index in [0.717, 1.165) is 40.5 Å². The van der Waals surface area contributed by atoms with Crippen LogP contribution in [0.25, 0.3) is 11.3 Å². The molecule has 1 aromatic heterocycles. The first-order valence-electron chi connectivity index (χ1n) is 9.82. The lowest BCUT2D eigenvalue weighted by atomic mass is 10.1. The molecule has 0 spiro atoms. The molecule has 1 unspecified atom stereocenters. The topological polar surface area (TPSA) is 76.5 Å². The molecule has 148 valence electrons. The van der Waals surface area contributed by atoms with Gasteiger partial charge in [0, 0.05) is 17.8 Å². The summed E-state index contributed by atoms with van der Waals surface area (Å²) in [5.74, 6) is 0.226. The molecule has 4 rings (SSSR count). The fourth-order valence-electron chi connectivity index (χ4n) is 3.68. The fourth-order valence-corrected chi connectivity index (χ4v) is 3.68. The lowest BCUT2D eigenvalue weighted by molar-refractivity contribution is -0.125. The van der Waals surface area contributed by atoms with Crippen molar-refractivity contribution in [3.63, 3.8) is 0 Å². The number of hydrogen-bond donors (Lipinski definition) is 1. The monoisotopic (exact) mass is 380 g/mol. The summed E-state index contributed by atoms with van der Waals surface area (Å²) < 4.78 is 1.79. The third kappa shape index (κ3) is 3.16. The Kier molecular flexibility index (Phi) is 4.63. The largest absolute Gasteiger partial charge is 0.737 e. The van der Waals surface area contributed by atoms with Gasteiger partial charge in [-0.05, 0) is 57.7 Å². The molecule has 1 atom stereocenters. The lowest BCUT2D eigenvalue weighted by Gasteiger charge is -2.46. The Labute approximate surface area is 165 Å². The van der Waals surface area contributed by atoms with Crippen LogP contribution in [0.2, 0.25) is 0 Å². The number of hydrazine groups is 1. The van der Waals surface area contributed by atoms with Gasteiger partial charge >= 0.3 is 0 Å². The van der Waals surface area contributed by atoms with Gasteiger partial charge in [-0.25, -0.2) is 4.68 Å². The molecule has 28 heavy (non-hydrogen) atoms. The van der Waals surface area contributed by atoms with Crippen molar-refractivity contribution in [2.75, 3.05) is 5.17 Å². The maximum absolute atomic E-state index is 13.2. The third-order valence-electron chi connectivity index (χ3n) is 5.42. The molecule has 2 aliphatic rings. The van der Waals surface area contributed by atoms with Gasteiger partial charge in [0.1, 0.15) is 6.04 Å². The number of fused-ring (bicyclic) bond motifs is 1. The standard InChI is InChI=1S/C21H26N5O2/c1-5-18(21(27)22-16-8-9-16)24-12-14(3)19-15(4)25(23-20(19)26(24)28)17-10-6-13(2)7-11-17/h6-7,10-12,16,18H,5,8-9H2,1-4H3,(H,22,27)/q-1. The third-order valence-corrected chi connectivity index (χ3v) is 5.42. The van der Waals surface area contributed by atoms with Crippen molar-refractivity contribution in [3.05, 3.63) is 52.5 Å². The number of amides is 1. The summed E-state index contributed by atoms with van der Waals surface area (Å²) in [5.41, 5.74) is 4.73. The summed E-state index contributed by atoms with van der Waals surface area (Å²) in [4.78, 5) is 12.6. The van der Waals surface area contributed by atoms with Crippen LogP contribution in [0.1, 0.15) is 49.9 Å². The highest BCUT2D eigenvalue weighted by molar-refractivity contribution is 5.85. The minimum absolute atomic E-state index is 0.104. The van der Waals surface area contributed by atoms with Gasteiger partial charge in [0.2, 0.25) is 5.91 Å². The van der Waals surface area contributed by atoms with Crippen LogP contribution in [0.15, 0.2) is 30.5 Å². The number of nitrogens with zero attached hydrogens (tertiary/aromatic N) is 4. The first-order valence-corrected chi connectivity index (χ1v) is 9.82. The van der Waals surface area contributed by atoms with Gasteiger partial charge in [0.15, 0.2) is 5.82 Å². The zero-order chi connectivity index (χ0) is 20.0. The lowest BCUT2D eigenvalue weighted by Crippen LogP contribution is -2.52. The van der Waals surface area contributed by atoms with Gasteiger partial charge in [-0.3, -0.25) is 9.80 Å². The van der Waals surface area contributed by atoms with Gasteiger partial charge in [-0.15, -0.1) is 5.10 Å². The van der Waals surface area contributed by atoms with Crippen LogP contribution < -0.4 is 10.5 Å². The molecule has 1 aliphatic heterocycles. The number of aromatic nitrogens is 2. The summed E-state index contributed by atoms with van der Waals surface area (Å²) in [5, 5.41) is 23.0. The first-order chi connectivity index (χ1) is 13.4. The molecule has 1 N–H and O–H groups in total. The Balaban J connectivity index is 1.69. The molecular formula is C21H26N5O2-. The van der Waals surface area contributed by atoms with E-state index in [1.54, 1.807) is 10.9 Å². The van der Waals surface area contributed by atoms with Crippen LogP contribution in [-0.4, -0.2) is 32.8 Å². The van der Waals surface area contributed by atoms with Gasteiger partial charge in [0.25, 0.3) is 0 Å². The highest BCUT2D eigenvalue weighted by Crippen LogP contribution is 2.37. The highest BCUT2D eigenvalue weighted by atomic mass is 16.6. The Morgan fingerprint density at radius 1 is 1.25 bits per heavy atom. The molecule has 1 saturated carbocycles. The van der Waals surface area contributed by atoms with Crippen molar-refractivity contribution in [1.82, 2.24) is 20.1 Å². The van der Waals surface area contributed by atoms with Crippen LogP contribution in [-0.2, 0) is 4.79 Å². The Hall–Kier alpha value is -2.80. The van der Waals surface area contributed by atoms with E-state index in [-0.39, 0.29) is 11.9 Å². The minimum atomic E-state index is -0.550. The second-order valence-electron chi connectivity index (χ2n) is 7.70. The predicted molar refractivity (Wildman–Crippen MR) is 110 cm³/mol. The Morgan fingerprint density at radius 2 is 1.93 bits per heavy atom. The average molecular weight is 380 g/mol. The summed E-state index contributed by atoms with van der Waals surface area (Å²) in [6.45, 7) is 7.87. The summed E-state index contributed by atoms with van der Waals surface area (Å²) >= 11 is 0. The van der Waals surface area contributed by atoms with Gasteiger partial charge in [0.05, 0.1) is 11.4 Å². The van der Waals surface area contributed by atoms with Crippen LogP contribution in [0.4, 0.5) is 5.82 Å². The summed E-state index contributed by atoms with van der Waals surface area (Å²) in [7, 11) is 0. The number of nitrogens with one attached hydrogen (secondary N) is 1. The SMILES string of the molecule is CCC(C(=O)NC1CC1)N1C=C(C)c2c(nn(-c3ccc(C)cc3)c2C)N1[O-]. The summed E-state index contributed by atoms with van der Waals surface area (Å²) in [6, 6.07) is 7.74. The van der Waals surface area contributed by atoms with Gasteiger partial charge in [-0.2, -0.15) is 0 Å². The number of rotatable bonds is 5. The van der Waals surface area contributed by atoms with Crippen LogP contribution in [0.5, 0.6) is 0 Å². The van der Waals surface area contributed by atoms with Crippen molar-refractivity contribution in [3.8, 4) is 5.69 Å². The van der Waals surface area contributed by atoms with E-state index >= 15 is 0 Å². The quantitative estimate of drug-likeness (QED) is 0.860. The minimum Gasteiger partial charge on any atom is -0.737 e. The van der Waals surface area contributed by atoms with Crippen LogP contribution in [0.3, 0.4) is 0 Å². The average Bonchev–Trinajstić information content (AvgIpc) is 3.41. The summed E-state index contributed by atoms with van der Waals surface area (Å²) in [6.07, 6.45) is 4.34. The van der Waals surface area contributed by atoms with Crippen molar-refractivity contribution in [1.29, 1.82) is 0 Å². The molecule has 7 nitrogen and oxygen atoms in total. The Morgan fingerprint density at radius 3 is 2.54 bits per heavy atom. The molecule has 7 heteroatoms. The second kappa shape index (κ2) is 6.98. The molecule has 1 fully saturated rings. The maximum Gasteiger partial charge on any atom is 0.244 e. The smallest absolute Gasteiger partial charge is 0.244 e. The number of benzene rings is 1. The normalized spacial score (nSPS) is 17.2. The van der Waals surface area contributed by atoms with E-state index in [1.165, 1.54) is 10.6 Å². The highest BCUT2D eigenvalue weighted by Gasteiger charge is 2.33. The second-order valence-corrected chi connectivity index (χ2v) is 7.70. The van der Waals surface area contributed by atoms with Gasteiger partial charge < -0.3 is 15.7 Å². The van der Waals surface area contributed by atoms with E-state index in [1.807, 2.05) is 52.0 Å². The molecular weight excluding hydrogens is 354 g/mol. The number of aryl methyl sites for hydroxylation is 1. The zero-order valence-electron chi connectivity index (χ0n) is 16.8. The van der Waals surface area contributed by atoms with Crippen LogP contribution >= 0.6 is 0 Å². The van der Waals surface area contributed by atoms with E-state index in [2.05, 4.69) is 10.4 Å². The number of allylic oxidation sites excluding steroid dienone is 1. The van der Waals surface area contributed by atoms with Crippen molar-refractivity contribution in [2.45, 2.75) is 59.0 Å². The molecule has 0 radical (unpaired) electrons. The van der Waals surface area contributed by atoms with Crippen molar-refractivity contribution in [2.24, 2.45) is 0 Å². The fraction of sp³-hybridized carbons (Fsp3) is 0.429. The molecule has 0 saturated heterocycles. The first kappa shape index (κ1) is 18.6. The maximum atomic E-state index is 13.2. The van der Waals surface area contributed by atoms with E-state index in [9.17, 15) is 10.0 Å². The van der Waals surface area contributed by atoms with E-state index < -0.39 is 6.04 Å². The molecule has 2 heterocycles. The van der Waals surface area contributed by atoms with E-state index in [0.29, 0.717) is 12.2 Å². The van der Waals surface area contributed by atoms with Crippen molar-refractivity contribution < 1.29 is 4.79 Å². The molecule has 1 aliphatic carbocycles. The zero-order valence-corrected chi connectivity index (χ0v) is 16.8. The number of anilines is 1. The molecule has 2 aromatic rings. The number of carbonyl (C=O) groups excluding carboxylic acids is 1. The number of carbonyl (C=O) groups is 1. The van der Waals surface area contributed by atoms with Crippen LogP contribution in [0, 0.1) is 19.1 Å². The van der Waals surface area contributed by atoms with E-state index in [4.69, 9.17) is 0 Å². The molecule has 0 bridgehead atoms.